The average Bonchev–Trinajstić information content (AvgIpc) is 2.76. The van der Waals surface area contributed by atoms with E-state index in [1.165, 1.54) is 16.4 Å². The van der Waals surface area contributed by atoms with Gasteiger partial charge in [0, 0.05) is 11.9 Å². The molecule has 0 atom stereocenters. The molecule has 20 heavy (non-hydrogen) atoms. The van der Waals surface area contributed by atoms with Crippen molar-refractivity contribution in [2.24, 2.45) is 0 Å². The first kappa shape index (κ1) is 22.6. The zero-order valence-corrected chi connectivity index (χ0v) is 16.8. The fourth-order valence-corrected chi connectivity index (χ4v) is 3.58. The number of pyridine rings is 1. The molecule has 0 N–H and O–H groups in total. The Morgan fingerprint density at radius 2 is 1.90 bits per heavy atom. The Kier molecular flexibility index (Phi) is 11.4. The molecule has 0 saturated carbocycles. The van der Waals surface area contributed by atoms with E-state index < -0.39 is 6.69 Å². The van der Waals surface area contributed by atoms with Crippen LogP contribution in [0.1, 0.15) is 11.3 Å². The molecular weight excluding hydrogens is 413 g/mol. The van der Waals surface area contributed by atoms with Crippen LogP contribution >= 0.6 is 15.3 Å². The van der Waals surface area contributed by atoms with Crippen LogP contribution in [-0.4, -0.2) is 11.7 Å². The topological polar surface area (TPSA) is 12.9 Å². The van der Waals surface area contributed by atoms with E-state index in [2.05, 4.69) is 57.6 Å². The number of nitrogens with zero attached hydrogens (tertiary/aromatic N) is 1. The standard InChI is InChI=1S/C14H17BrNSi.2ClH.Cr/c1-17(2,15)14-9-7-12(11-14)6-8-13-5-3-4-10-16-13;;;/h3-5,7,9-11H,6,8H2,1-2H3;2*1H;/q-1;;;+3/p-2. The molecule has 109 valence electrons. The summed E-state index contributed by atoms with van der Waals surface area (Å²) in [6.45, 7) is 3.30. The van der Waals surface area contributed by atoms with E-state index in [4.69, 9.17) is 0 Å². The SMILES string of the molecule is C[Si](C)(Br)c1cc[c-](CCc2ccccn2)c1.[Cl-].[Cl-].[Cr+3]. The quantitative estimate of drug-likeness (QED) is 0.295. The van der Waals surface area contributed by atoms with E-state index in [1.807, 2.05) is 18.3 Å². The molecule has 0 unspecified atom stereocenters. The summed E-state index contributed by atoms with van der Waals surface area (Å²) >= 11 is 3.82. The van der Waals surface area contributed by atoms with Gasteiger partial charge >= 0.3 is 17.4 Å². The van der Waals surface area contributed by atoms with Crippen molar-refractivity contribution in [1.82, 2.24) is 4.98 Å². The summed E-state index contributed by atoms with van der Waals surface area (Å²) in [6, 6.07) is 12.9. The number of aromatic nitrogens is 1. The normalized spacial score (nSPS) is 9.95. The molecule has 0 aliphatic carbocycles. The third-order valence-electron chi connectivity index (χ3n) is 2.90. The molecule has 0 aliphatic heterocycles. The minimum absolute atomic E-state index is 0. The van der Waals surface area contributed by atoms with Crippen molar-refractivity contribution in [2.75, 3.05) is 0 Å². The third-order valence-corrected chi connectivity index (χ3v) is 5.96. The van der Waals surface area contributed by atoms with Gasteiger partial charge in [-0.25, -0.2) is 6.07 Å². The van der Waals surface area contributed by atoms with Crippen molar-refractivity contribution >= 4 is 27.2 Å². The fourth-order valence-electron chi connectivity index (χ4n) is 1.84. The molecule has 0 amide bonds. The number of halogens is 3. The zero-order chi connectivity index (χ0) is 12.3. The van der Waals surface area contributed by atoms with Crippen LogP contribution in [0.5, 0.6) is 0 Å². The van der Waals surface area contributed by atoms with E-state index >= 15 is 0 Å². The van der Waals surface area contributed by atoms with Gasteiger partial charge in [0.2, 0.25) is 0 Å². The Morgan fingerprint density at radius 1 is 1.20 bits per heavy atom. The minimum atomic E-state index is -1.32. The van der Waals surface area contributed by atoms with Crippen molar-refractivity contribution in [3.05, 3.63) is 53.9 Å². The summed E-state index contributed by atoms with van der Waals surface area (Å²) in [5.74, 6) is 0. The van der Waals surface area contributed by atoms with Gasteiger partial charge in [-0.2, -0.15) is 22.9 Å². The largest absolute Gasteiger partial charge is 3.00 e. The van der Waals surface area contributed by atoms with E-state index in [-0.39, 0.29) is 42.2 Å². The van der Waals surface area contributed by atoms with Crippen LogP contribution in [-0.2, 0) is 30.2 Å². The Labute approximate surface area is 153 Å². The molecule has 2 rings (SSSR count). The number of rotatable bonds is 4. The van der Waals surface area contributed by atoms with Crippen molar-refractivity contribution in [3.8, 4) is 0 Å². The Bertz CT molecular complexity index is 485. The number of hydrogen-bond acceptors (Lipinski definition) is 1. The molecule has 1 nitrogen and oxygen atoms in total. The molecule has 0 fully saturated rings. The molecule has 2 aromatic rings. The summed E-state index contributed by atoms with van der Waals surface area (Å²) < 4.78 is 0. The fraction of sp³-hybridized carbons (Fsp3) is 0.286. The summed E-state index contributed by atoms with van der Waals surface area (Å²) in [4.78, 5) is 4.35. The number of aryl methyl sites for hydroxylation is 2. The van der Waals surface area contributed by atoms with Crippen molar-refractivity contribution in [3.63, 3.8) is 0 Å². The molecule has 1 heterocycles. The number of hydrogen-bond donors (Lipinski definition) is 0. The predicted molar refractivity (Wildman–Crippen MR) is 79.7 cm³/mol. The first-order valence-corrected chi connectivity index (χ1v) is 11.2. The van der Waals surface area contributed by atoms with Crippen molar-refractivity contribution < 1.29 is 42.2 Å². The van der Waals surface area contributed by atoms with Gasteiger partial charge in [-0.15, -0.1) is 15.3 Å². The Morgan fingerprint density at radius 3 is 2.40 bits per heavy atom. The maximum absolute atomic E-state index is 4.35. The monoisotopic (exact) mass is 428 g/mol. The van der Waals surface area contributed by atoms with Crippen LogP contribution in [0.25, 0.3) is 0 Å². The maximum atomic E-state index is 4.35. The van der Waals surface area contributed by atoms with Gasteiger partial charge in [0.05, 0.1) is 6.69 Å². The maximum Gasteiger partial charge on any atom is 3.00 e. The second-order valence-corrected chi connectivity index (χ2v) is 14.3. The molecule has 0 spiro atoms. The van der Waals surface area contributed by atoms with E-state index in [9.17, 15) is 0 Å². The molecule has 1 aromatic heterocycles. The molecule has 1 radical (unpaired) electrons. The van der Waals surface area contributed by atoms with Crippen LogP contribution in [0.4, 0.5) is 0 Å². The summed E-state index contributed by atoms with van der Waals surface area (Å²) in [5.41, 5.74) is 2.59. The first-order valence-electron chi connectivity index (χ1n) is 5.90. The van der Waals surface area contributed by atoms with Crippen LogP contribution < -0.4 is 30.0 Å². The van der Waals surface area contributed by atoms with Gasteiger partial charge in [0.1, 0.15) is 0 Å². The van der Waals surface area contributed by atoms with Crippen LogP contribution in [0.15, 0.2) is 42.6 Å². The zero-order valence-electron chi connectivity index (χ0n) is 11.4. The van der Waals surface area contributed by atoms with E-state index in [1.54, 1.807) is 0 Å². The molecule has 0 saturated heterocycles. The third kappa shape index (κ3) is 6.85. The first-order chi connectivity index (χ1) is 8.05. The van der Waals surface area contributed by atoms with E-state index in [0.717, 1.165) is 12.8 Å². The van der Waals surface area contributed by atoms with Crippen LogP contribution in [0, 0.1) is 0 Å². The van der Waals surface area contributed by atoms with E-state index in [0.29, 0.717) is 0 Å². The second kappa shape index (κ2) is 10.1. The van der Waals surface area contributed by atoms with Gasteiger partial charge < -0.3 is 24.8 Å². The molecular formula is C14H17BrCl2CrNSi. The average molecular weight is 430 g/mol. The second-order valence-electron chi connectivity index (χ2n) is 4.80. The summed E-state index contributed by atoms with van der Waals surface area (Å²) in [7, 11) is 0. The molecule has 0 bridgehead atoms. The van der Waals surface area contributed by atoms with Gasteiger partial charge in [0.25, 0.3) is 0 Å². The van der Waals surface area contributed by atoms with Gasteiger partial charge in [-0.3, -0.25) is 4.98 Å². The summed E-state index contributed by atoms with van der Waals surface area (Å²) in [5, 5.41) is 1.48. The Balaban J connectivity index is 0. The van der Waals surface area contributed by atoms with Crippen LogP contribution in [0.2, 0.25) is 13.1 Å². The van der Waals surface area contributed by atoms with Gasteiger partial charge in [0.15, 0.2) is 0 Å². The van der Waals surface area contributed by atoms with Gasteiger partial charge in [-0.1, -0.05) is 25.6 Å². The van der Waals surface area contributed by atoms with Crippen LogP contribution in [0.3, 0.4) is 0 Å². The van der Waals surface area contributed by atoms with Crippen molar-refractivity contribution in [2.45, 2.75) is 25.9 Å². The molecule has 1 aromatic carbocycles. The minimum Gasteiger partial charge on any atom is -1.00 e. The predicted octanol–water partition coefficient (Wildman–Crippen LogP) is -2.60. The smallest absolute Gasteiger partial charge is 1.00 e. The molecule has 6 heteroatoms. The summed E-state index contributed by atoms with van der Waals surface area (Å²) in [6.07, 6.45) is 3.96. The van der Waals surface area contributed by atoms with Crippen molar-refractivity contribution in [1.29, 1.82) is 0 Å². The van der Waals surface area contributed by atoms with Gasteiger partial charge in [-0.05, 0) is 18.6 Å². The molecule has 0 aliphatic rings. The Hall–Kier alpha value is 0.309.